The molecule has 3 fully saturated rings. The number of para-hydroxylation sites is 1. The lowest BCUT2D eigenvalue weighted by atomic mass is 10.0. The number of fused-ring (bicyclic) bond motifs is 5. The molecule has 2 aromatic heterocycles. The Hall–Kier alpha value is -5.72. The summed E-state index contributed by atoms with van der Waals surface area (Å²) < 4.78 is 86.2. The number of halogens is 3. The first kappa shape index (κ1) is 43.9. The zero-order valence-corrected chi connectivity index (χ0v) is 36.0. The first-order valence-electron chi connectivity index (χ1n) is 21.1. The number of benzene rings is 2. The highest BCUT2D eigenvalue weighted by atomic mass is 32.2. The molecule has 0 spiro atoms. The molecule has 19 heteroatoms. The van der Waals surface area contributed by atoms with Crippen LogP contribution >= 0.6 is 0 Å². The van der Waals surface area contributed by atoms with E-state index in [9.17, 15) is 40.8 Å². The molecule has 63 heavy (non-hydrogen) atoms. The second-order valence-corrected chi connectivity index (χ2v) is 20.3. The van der Waals surface area contributed by atoms with E-state index in [2.05, 4.69) is 25.3 Å². The first-order valence-corrected chi connectivity index (χ1v) is 22.5. The molecule has 2 aliphatic heterocycles. The lowest BCUT2D eigenvalue weighted by molar-refractivity contribution is -0.141. The van der Waals surface area contributed by atoms with Gasteiger partial charge in [-0.15, -0.1) is 0 Å². The third-order valence-corrected chi connectivity index (χ3v) is 14.3. The number of aromatic nitrogens is 2. The molecule has 2 saturated carbocycles. The molecule has 4 amide bonds. The van der Waals surface area contributed by atoms with Gasteiger partial charge >= 0.3 is 12.3 Å². The van der Waals surface area contributed by atoms with Gasteiger partial charge in [0.2, 0.25) is 27.4 Å². The lowest BCUT2D eigenvalue weighted by Crippen LogP contribution is -2.58. The third kappa shape index (κ3) is 9.06. The van der Waals surface area contributed by atoms with Gasteiger partial charge in [-0.1, -0.05) is 49.3 Å². The average molecular weight is 895 g/mol. The maximum absolute atomic E-state index is 14.7. The largest absolute Gasteiger partial charge is 0.470 e. The molecule has 1 saturated heterocycles. The molecule has 3 N–H and O–H groups in total. The van der Waals surface area contributed by atoms with Gasteiger partial charge in [0.25, 0.3) is 11.8 Å². The molecule has 0 bridgehead atoms. The van der Waals surface area contributed by atoms with Gasteiger partial charge in [0.15, 0.2) is 5.82 Å². The number of furan rings is 1. The minimum Gasteiger partial charge on any atom is -0.470 e. The Bertz CT molecular complexity index is 2600. The number of sulfonamides is 1. The smallest absolute Gasteiger partial charge is 0.416 e. The number of alkyl halides is 3. The van der Waals surface area contributed by atoms with Crippen LogP contribution in [0, 0.1) is 5.92 Å². The van der Waals surface area contributed by atoms with Crippen LogP contribution in [0.3, 0.4) is 0 Å². The van der Waals surface area contributed by atoms with Crippen molar-refractivity contribution in [1.82, 2.24) is 30.2 Å². The number of allylic oxidation sites excluding steroid dienone is 1. The Balaban J connectivity index is 1.15. The Morgan fingerprint density at radius 1 is 1.00 bits per heavy atom. The van der Waals surface area contributed by atoms with Crippen molar-refractivity contribution >= 4 is 55.9 Å². The number of nitrogens with zero attached hydrogens (tertiary/aromatic N) is 3. The molecule has 4 aromatic rings. The highest BCUT2D eigenvalue weighted by Gasteiger charge is 2.63. The Morgan fingerprint density at radius 3 is 2.43 bits per heavy atom. The van der Waals surface area contributed by atoms with Crippen LogP contribution < -0.4 is 20.1 Å². The van der Waals surface area contributed by atoms with Crippen molar-refractivity contribution in [2.45, 2.75) is 126 Å². The van der Waals surface area contributed by atoms with E-state index in [1.54, 1.807) is 52.0 Å². The van der Waals surface area contributed by atoms with Gasteiger partial charge in [0.05, 0.1) is 16.9 Å². The highest BCUT2D eigenvalue weighted by molar-refractivity contribution is 7.91. The van der Waals surface area contributed by atoms with Crippen molar-refractivity contribution in [3.8, 4) is 17.3 Å². The van der Waals surface area contributed by atoms with Gasteiger partial charge in [-0.3, -0.25) is 19.1 Å². The van der Waals surface area contributed by atoms with Gasteiger partial charge in [0.1, 0.15) is 40.4 Å². The standard InChI is InChI=1S/C44H49F3N6O9S/c1-41(2,3)62-40(57)48-30-14-9-7-5-6-8-12-27-23-43(27,39(56)52-63(58,59)42(4)20-21-42)51-36(54)31-22-28(24-53(31)38(30)55)60-37-34-33(29-13-10-11-15-32(29)61-34)49-35(50-37)25-16-18-26(19-17-25)44(45,46)47/h8,10-13,15-19,27-28,30-31H,5-7,9,14,20-24H2,1-4H3,(H,48,57)(H,51,54)(H,52,56)/b12-8-/t27-,28+,30-,31-,43+/m0/s1. The quantitative estimate of drug-likeness (QED) is 0.167. The summed E-state index contributed by atoms with van der Waals surface area (Å²) in [5.74, 6) is -2.84. The fourth-order valence-corrected chi connectivity index (χ4v) is 9.45. The van der Waals surface area contributed by atoms with E-state index in [0.717, 1.165) is 18.6 Å². The normalized spacial score (nSPS) is 25.8. The summed E-state index contributed by atoms with van der Waals surface area (Å²) in [5, 5.41) is 6.11. The summed E-state index contributed by atoms with van der Waals surface area (Å²) in [6, 6.07) is 8.87. The van der Waals surface area contributed by atoms with Crippen LogP contribution in [0.25, 0.3) is 33.5 Å². The molecule has 2 aromatic carbocycles. The van der Waals surface area contributed by atoms with E-state index in [1.165, 1.54) is 17.0 Å². The monoisotopic (exact) mass is 894 g/mol. The van der Waals surface area contributed by atoms with Crippen LogP contribution in [0.5, 0.6) is 5.88 Å². The van der Waals surface area contributed by atoms with Crippen LogP contribution in [0.1, 0.15) is 91.0 Å². The zero-order valence-electron chi connectivity index (χ0n) is 35.2. The van der Waals surface area contributed by atoms with Crippen molar-refractivity contribution in [2.24, 2.45) is 5.92 Å². The minimum absolute atomic E-state index is 0.0249. The van der Waals surface area contributed by atoms with Gasteiger partial charge in [-0.05, 0) is 90.5 Å². The van der Waals surface area contributed by atoms with E-state index >= 15 is 0 Å². The van der Waals surface area contributed by atoms with Gasteiger partial charge < -0.3 is 29.4 Å². The molecule has 15 nitrogen and oxygen atoms in total. The minimum atomic E-state index is -4.57. The van der Waals surface area contributed by atoms with E-state index in [4.69, 9.17) is 13.9 Å². The van der Waals surface area contributed by atoms with Crippen LogP contribution in [0.2, 0.25) is 0 Å². The summed E-state index contributed by atoms with van der Waals surface area (Å²) >= 11 is 0. The van der Waals surface area contributed by atoms with E-state index < -0.39 is 85.6 Å². The average Bonchev–Trinajstić information content (AvgIpc) is 4.03. The van der Waals surface area contributed by atoms with Crippen LogP contribution in [0.4, 0.5) is 18.0 Å². The van der Waals surface area contributed by atoms with E-state index in [-0.39, 0.29) is 48.7 Å². The third-order valence-electron chi connectivity index (χ3n) is 12.1. The van der Waals surface area contributed by atoms with Crippen molar-refractivity contribution in [3.05, 3.63) is 66.2 Å². The predicted octanol–water partition coefficient (Wildman–Crippen LogP) is 6.70. The van der Waals surface area contributed by atoms with E-state index in [1.807, 2.05) is 12.2 Å². The number of carbonyl (C=O) groups is 4. The fourth-order valence-electron chi connectivity index (χ4n) is 8.14. The summed E-state index contributed by atoms with van der Waals surface area (Å²) in [6.07, 6.45) is 0.871. The van der Waals surface area contributed by atoms with Crippen LogP contribution in [0.15, 0.2) is 65.1 Å². The van der Waals surface area contributed by atoms with Crippen molar-refractivity contribution in [2.75, 3.05) is 6.54 Å². The summed E-state index contributed by atoms with van der Waals surface area (Å²) in [5.41, 5.74) is -2.27. The highest BCUT2D eigenvalue weighted by Crippen LogP contribution is 2.48. The number of alkyl carbamates (subject to hydrolysis) is 1. The molecule has 4 heterocycles. The predicted molar refractivity (Wildman–Crippen MR) is 223 cm³/mol. The summed E-state index contributed by atoms with van der Waals surface area (Å²) in [4.78, 5) is 67.0. The molecular formula is C44H49F3N6O9S. The molecule has 0 radical (unpaired) electrons. The molecular weight excluding hydrogens is 846 g/mol. The topological polar surface area (TPSA) is 199 Å². The molecule has 5 atom stereocenters. The molecule has 2 aliphatic carbocycles. The number of carbonyl (C=O) groups excluding carboxylic acids is 4. The first-order chi connectivity index (χ1) is 29.7. The lowest BCUT2D eigenvalue weighted by Gasteiger charge is -2.30. The molecule has 0 unspecified atom stereocenters. The number of hydrogen-bond donors (Lipinski definition) is 3. The maximum Gasteiger partial charge on any atom is 0.416 e. The number of ether oxygens (including phenoxy) is 2. The van der Waals surface area contributed by atoms with Crippen LogP contribution in [-0.2, 0) is 35.3 Å². The van der Waals surface area contributed by atoms with Gasteiger partial charge in [0, 0.05) is 23.3 Å². The number of hydrogen-bond acceptors (Lipinski definition) is 11. The van der Waals surface area contributed by atoms with Gasteiger partial charge in [-0.2, -0.15) is 18.2 Å². The summed E-state index contributed by atoms with van der Waals surface area (Å²) in [7, 11) is -4.07. The fraction of sp³-hybridized carbons (Fsp3) is 0.500. The van der Waals surface area contributed by atoms with Gasteiger partial charge in [-0.25, -0.2) is 18.2 Å². The van der Waals surface area contributed by atoms with Crippen LogP contribution in [-0.4, -0.2) is 87.7 Å². The Labute approximate surface area is 361 Å². The maximum atomic E-state index is 14.7. The SMILES string of the molecule is CC(C)(C)OC(=O)N[C@H]1CCCCC/C=C\[C@H]2C[C@@]2(C(=O)NS(=O)(=O)C2(C)CC2)NC(=O)[C@@H]2C[C@@H](Oc3nc(-c4ccc(C(F)(F)F)cc4)nc4c3oc3ccccc34)CN2C1=O. The van der Waals surface area contributed by atoms with Crippen molar-refractivity contribution in [1.29, 1.82) is 0 Å². The molecule has 8 rings (SSSR count). The number of rotatable bonds is 7. The number of nitrogens with one attached hydrogen (secondary N) is 3. The number of amides is 4. The second kappa shape index (κ2) is 16.1. The second-order valence-electron chi connectivity index (χ2n) is 18.1. The Morgan fingerprint density at radius 2 is 1.73 bits per heavy atom. The van der Waals surface area contributed by atoms with E-state index in [0.29, 0.717) is 48.6 Å². The Kier molecular flexibility index (Phi) is 11.2. The zero-order chi connectivity index (χ0) is 45.1. The van der Waals surface area contributed by atoms with Crippen molar-refractivity contribution < 1.29 is 54.7 Å². The molecule has 4 aliphatic rings. The summed E-state index contributed by atoms with van der Waals surface area (Å²) in [6.45, 7) is 6.39. The molecule has 336 valence electrons. The van der Waals surface area contributed by atoms with Crippen molar-refractivity contribution in [3.63, 3.8) is 0 Å².